The van der Waals surface area contributed by atoms with E-state index in [0.717, 1.165) is 29.3 Å². The number of anilines is 1. The summed E-state index contributed by atoms with van der Waals surface area (Å²) < 4.78 is 11.3. The van der Waals surface area contributed by atoms with Gasteiger partial charge in [-0.3, -0.25) is 4.79 Å². The molecule has 1 rings (SSSR count). The predicted molar refractivity (Wildman–Crippen MR) is 106 cm³/mol. The van der Waals surface area contributed by atoms with E-state index in [1.807, 2.05) is 39.0 Å². The minimum Gasteiger partial charge on any atom is -0.466 e. The van der Waals surface area contributed by atoms with Gasteiger partial charge in [-0.1, -0.05) is 22.0 Å². The Balaban J connectivity index is 2.66. The predicted octanol–water partition coefficient (Wildman–Crippen LogP) is 4.50. The fraction of sp³-hybridized carbons (Fsp3) is 0.579. The van der Waals surface area contributed by atoms with Gasteiger partial charge in [-0.05, 0) is 57.7 Å². The SMILES string of the molecule is CC(=O)OCCCCCN(Cc1ccc(Br)cc1N)C(=O)OC(C)(C)C. The van der Waals surface area contributed by atoms with Crippen molar-refractivity contribution in [2.75, 3.05) is 18.9 Å². The summed E-state index contributed by atoms with van der Waals surface area (Å²) in [5.41, 5.74) is 7.00. The molecule has 0 aromatic heterocycles. The molecular weight excluding hydrogens is 400 g/mol. The Labute approximate surface area is 164 Å². The van der Waals surface area contributed by atoms with E-state index in [1.54, 1.807) is 4.90 Å². The standard InChI is InChI=1S/C19H29BrN2O4/c1-14(23)25-11-7-5-6-10-22(18(24)26-19(2,3)4)13-15-8-9-16(20)12-17(15)21/h8-9,12H,5-7,10-11,13,21H2,1-4H3. The lowest BCUT2D eigenvalue weighted by Gasteiger charge is -2.28. The van der Waals surface area contributed by atoms with E-state index in [0.29, 0.717) is 25.4 Å². The van der Waals surface area contributed by atoms with Crippen molar-refractivity contribution >= 4 is 33.7 Å². The molecule has 26 heavy (non-hydrogen) atoms. The van der Waals surface area contributed by atoms with E-state index < -0.39 is 5.60 Å². The summed E-state index contributed by atoms with van der Waals surface area (Å²) in [5, 5.41) is 0. The highest BCUT2D eigenvalue weighted by Gasteiger charge is 2.22. The van der Waals surface area contributed by atoms with Gasteiger partial charge in [-0.25, -0.2) is 4.79 Å². The Kier molecular flexibility index (Phi) is 8.92. The van der Waals surface area contributed by atoms with E-state index in [-0.39, 0.29) is 12.1 Å². The highest BCUT2D eigenvalue weighted by molar-refractivity contribution is 9.10. The molecule has 0 bridgehead atoms. The van der Waals surface area contributed by atoms with E-state index in [9.17, 15) is 9.59 Å². The number of esters is 1. The third kappa shape index (κ3) is 9.08. The average Bonchev–Trinajstić information content (AvgIpc) is 2.49. The van der Waals surface area contributed by atoms with Gasteiger partial charge >= 0.3 is 12.1 Å². The number of carbonyl (C=O) groups is 2. The van der Waals surface area contributed by atoms with Crippen LogP contribution in [0.15, 0.2) is 22.7 Å². The monoisotopic (exact) mass is 428 g/mol. The summed E-state index contributed by atoms with van der Waals surface area (Å²) in [6.07, 6.45) is 2.04. The van der Waals surface area contributed by atoms with Crippen molar-refractivity contribution in [3.63, 3.8) is 0 Å². The Morgan fingerprint density at radius 3 is 2.46 bits per heavy atom. The summed E-state index contributed by atoms with van der Waals surface area (Å²) in [5.74, 6) is -0.272. The summed E-state index contributed by atoms with van der Waals surface area (Å²) >= 11 is 3.39. The van der Waals surface area contributed by atoms with Crippen LogP contribution in [-0.2, 0) is 20.8 Å². The number of carbonyl (C=O) groups excluding carboxylic acids is 2. The largest absolute Gasteiger partial charge is 0.466 e. The molecule has 0 heterocycles. The Morgan fingerprint density at radius 2 is 1.88 bits per heavy atom. The number of benzene rings is 1. The molecule has 0 spiro atoms. The smallest absolute Gasteiger partial charge is 0.410 e. The zero-order valence-electron chi connectivity index (χ0n) is 16.0. The van der Waals surface area contributed by atoms with Crippen LogP contribution in [0, 0.1) is 0 Å². The first kappa shape index (κ1) is 22.3. The van der Waals surface area contributed by atoms with Crippen LogP contribution in [-0.4, -0.2) is 35.7 Å². The van der Waals surface area contributed by atoms with Crippen LogP contribution in [0.2, 0.25) is 0 Å². The molecule has 0 aliphatic carbocycles. The quantitative estimate of drug-likeness (QED) is 0.374. The lowest BCUT2D eigenvalue weighted by Crippen LogP contribution is -2.37. The highest BCUT2D eigenvalue weighted by atomic mass is 79.9. The number of rotatable bonds is 8. The fourth-order valence-corrected chi connectivity index (χ4v) is 2.65. The lowest BCUT2D eigenvalue weighted by atomic mass is 10.1. The first-order valence-corrected chi connectivity index (χ1v) is 9.53. The summed E-state index contributed by atoms with van der Waals surface area (Å²) in [7, 11) is 0. The van der Waals surface area contributed by atoms with Gasteiger partial charge in [0.25, 0.3) is 0 Å². The van der Waals surface area contributed by atoms with Crippen molar-refractivity contribution < 1.29 is 19.1 Å². The molecule has 0 saturated heterocycles. The van der Waals surface area contributed by atoms with Crippen molar-refractivity contribution in [3.05, 3.63) is 28.2 Å². The van der Waals surface area contributed by atoms with Crippen molar-refractivity contribution in [2.45, 2.75) is 59.1 Å². The van der Waals surface area contributed by atoms with Crippen LogP contribution in [0.3, 0.4) is 0 Å². The zero-order valence-corrected chi connectivity index (χ0v) is 17.6. The summed E-state index contributed by atoms with van der Waals surface area (Å²) in [4.78, 5) is 25.0. The second-order valence-electron chi connectivity index (χ2n) is 7.15. The molecule has 0 aliphatic heterocycles. The Hall–Kier alpha value is -1.76. The number of nitrogen functional groups attached to an aromatic ring is 1. The van der Waals surface area contributed by atoms with E-state index in [1.165, 1.54) is 6.92 Å². The molecule has 7 heteroatoms. The number of hydrogen-bond acceptors (Lipinski definition) is 5. The number of amides is 1. The van der Waals surface area contributed by atoms with Crippen molar-refractivity contribution in [3.8, 4) is 0 Å². The van der Waals surface area contributed by atoms with Crippen LogP contribution in [0.25, 0.3) is 0 Å². The minimum absolute atomic E-state index is 0.272. The maximum absolute atomic E-state index is 12.5. The fourth-order valence-electron chi connectivity index (χ4n) is 2.27. The van der Waals surface area contributed by atoms with Gasteiger partial charge < -0.3 is 20.1 Å². The van der Waals surface area contributed by atoms with Crippen molar-refractivity contribution in [1.82, 2.24) is 4.90 Å². The molecular formula is C19H29BrN2O4. The highest BCUT2D eigenvalue weighted by Crippen LogP contribution is 2.21. The van der Waals surface area contributed by atoms with E-state index in [4.69, 9.17) is 15.2 Å². The van der Waals surface area contributed by atoms with Crippen LogP contribution >= 0.6 is 15.9 Å². The van der Waals surface area contributed by atoms with Gasteiger partial charge in [-0.2, -0.15) is 0 Å². The molecule has 0 radical (unpaired) electrons. The minimum atomic E-state index is -0.560. The second-order valence-corrected chi connectivity index (χ2v) is 8.06. The van der Waals surface area contributed by atoms with Gasteiger partial charge in [0.15, 0.2) is 0 Å². The van der Waals surface area contributed by atoms with E-state index >= 15 is 0 Å². The molecule has 0 fully saturated rings. The number of ether oxygens (including phenoxy) is 2. The average molecular weight is 429 g/mol. The molecule has 1 aromatic carbocycles. The van der Waals surface area contributed by atoms with Gasteiger partial charge in [0, 0.05) is 23.6 Å². The third-order valence-corrected chi connectivity index (χ3v) is 3.99. The number of unbranched alkanes of at least 4 members (excludes halogenated alkanes) is 2. The molecule has 1 amide bonds. The zero-order chi connectivity index (χ0) is 19.7. The molecule has 0 saturated carbocycles. The van der Waals surface area contributed by atoms with Gasteiger partial charge in [-0.15, -0.1) is 0 Å². The lowest BCUT2D eigenvalue weighted by molar-refractivity contribution is -0.141. The second kappa shape index (κ2) is 10.4. The Bertz CT molecular complexity index is 614. The molecule has 0 aliphatic rings. The van der Waals surface area contributed by atoms with Gasteiger partial charge in [0.05, 0.1) is 13.2 Å². The number of nitrogens with zero attached hydrogens (tertiary/aromatic N) is 1. The molecule has 0 atom stereocenters. The summed E-state index contributed by atoms with van der Waals surface area (Å²) in [6.45, 7) is 8.26. The molecule has 6 nitrogen and oxygen atoms in total. The number of hydrogen-bond donors (Lipinski definition) is 1. The topological polar surface area (TPSA) is 81.9 Å². The molecule has 0 unspecified atom stereocenters. The molecule has 2 N–H and O–H groups in total. The normalized spacial score (nSPS) is 11.1. The summed E-state index contributed by atoms with van der Waals surface area (Å²) in [6, 6.07) is 5.62. The van der Waals surface area contributed by atoms with Crippen LogP contribution in [0.1, 0.15) is 52.5 Å². The van der Waals surface area contributed by atoms with Gasteiger partial charge in [0.2, 0.25) is 0 Å². The van der Waals surface area contributed by atoms with Crippen molar-refractivity contribution in [2.24, 2.45) is 0 Å². The van der Waals surface area contributed by atoms with Crippen LogP contribution in [0.4, 0.5) is 10.5 Å². The first-order valence-electron chi connectivity index (χ1n) is 8.73. The third-order valence-electron chi connectivity index (χ3n) is 3.50. The van der Waals surface area contributed by atoms with Crippen molar-refractivity contribution in [1.29, 1.82) is 0 Å². The molecule has 146 valence electrons. The van der Waals surface area contributed by atoms with Crippen LogP contribution in [0.5, 0.6) is 0 Å². The van der Waals surface area contributed by atoms with Gasteiger partial charge in [0.1, 0.15) is 5.60 Å². The number of nitrogens with two attached hydrogens (primary N) is 1. The number of halogens is 1. The first-order chi connectivity index (χ1) is 12.1. The maximum Gasteiger partial charge on any atom is 0.410 e. The maximum atomic E-state index is 12.5. The molecule has 1 aromatic rings. The van der Waals surface area contributed by atoms with Crippen LogP contribution < -0.4 is 5.73 Å². The Morgan fingerprint density at radius 1 is 1.19 bits per heavy atom. The van der Waals surface area contributed by atoms with E-state index in [2.05, 4.69) is 15.9 Å².